The van der Waals surface area contributed by atoms with E-state index < -0.39 is 0 Å². The fourth-order valence-electron chi connectivity index (χ4n) is 1.25. The van der Waals surface area contributed by atoms with E-state index in [0.717, 1.165) is 15.7 Å². The van der Waals surface area contributed by atoms with E-state index in [1.807, 2.05) is 38.1 Å². The molecule has 0 aliphatic carbocycles. The summed E-state index contributed by atoms with van der Waals surface area (Å²) < 4.78 is 0.848. The van der Waals surface area contributed by atoms with Gasteiger partial charge in [0, 0.05) is 11.5 Å². The SMILES string of the molecule is CN=C(C=C(C)C)C(=O)Nc1ccccc1Br. The molecule has 0 spiro atoms. The second-order valence-corrected chi connectivity index (χ2v) is 4.62. The van der Waals surface area contributed by atoms with Gasteiger partial charge in [0.25, 0.3) is 5.91 Å². The minimum Gasteiger partial charge on any atom is -0.320 e. The lowest BCUT2D eigenvalue weighted by atomic mass is 10.2. The number of rotatable bonds is 3. The van der Waals surface area contributed by atoms with Crippen LogP contribution in [0.3, 0.4) is 0 Å². The fraction of sp³-hybridized carbons (Fsp3) is 0.231. The molecule has 17 heavy (non-hydrogen) atoms. The van der Waals surface area contributed by atoms with Gasteiger partial charge < -0.3 is 5.32 Å². The van der Waals surface area contributed by atoms with E-state index >= 15 is 0 Å². The zero-order chi connectivity index (χ0) is 12.8. The number of benzene rings is 1. The van der Waals surface area contributed by atoms with Gasteiger partial charge in [0.05, 0.1) is 5.69 Å². The average molecular weight is 295 g/mol. The van der Waals surface area contributed by atoms with E-state index in [1.165, 1.54) is 0 Å². The zero-order valence-corrected chi connectivity index (χ0v) is 11.7. The molecule has 1 rings (SSSR count). The maximum absolute atomic E-state index is 11.9. The smallest absolute Gasteiger partial charge is 0.273 e. The van der Waals surface area contributed by atoms with Crippen LogP contribution in [0, 0.1) is 0 Å². The van der Waals surface area contributed by atoms with Crippen molar-refractivity contribution in [1.29, 1.82) is 0 Å². The van der Waals surface area contributed by atoms with Gasteiger partial charge in [0.15, 0.2) is 0 Å². The first-order valence-corrected chi connectivity index (χ1v) is 6.01. The number of carbonyl (C=O) groups excluding carboxylic acids is 1. The third-order valence-electron chi connectivity index (χ3n) is 2.02. The summed E-state index contributed by atoms with van der Waals surface area (Å²) in [5.41, 5.74) is 2.19. The number of anilines is 1. The van der Waals surface area contributed by atoms with Crippen LogP contribution in [0.2, 0.25) is 0 Å². The second kappa shape index (κ2) is 6.35. The molecule has 1 N–H and O–H groups in total. The number of halogens is 1. The minimum atomic E-state index is -0.208. The summed E-state index contributed by atoms with van der Waals surface area (Å²) in [4.78, 5) is 15.9. The Kier molecular flexibility index (Phi) is 5.10. The normalized spacial score (nSPS) is 10.9. The molecule has 1 aromatic rings. The molecule has 0 atom stereocenters. The molecule has 0 aliphatic rings. The fourth-order valence-corrected chi connectivity index (χ4v) is 1.64. The van der Waals surface area contributed by atoms with Gasteiger partial charge in [-0.05, 0) is 48.0 Å². The topological polar surface area (TPSA) is 41.5 Å². The van der Waals surface area contributed by atoms with Crippen LogP contribution < -0.4 is 5.32 Å². The highest BCUT2D eigenvalue weighted by atomic mass is 79.9. The summed E-state index contributed by atoms with van der Waals surface area (Å²) in [6.07, 6.45) is 1.76. The van der Waals surface area contributed by atoms with E-state index in [2.05, 4.69) is 26.2 Å². The van der Waals surface area contributed by atoms with Gasteiger partial charge in [-0.2, -0.15) is 0 Å². The summed E-state index contributed by atoms with van der Waals surface area (Å²) in [5, 5.41) is 2.81. The van der Waals surface area contributed by atoms with Gasteiger partial charge in [-0.25, -0.2) is 0 Å². The van der Waals surface area contributed by atoms with Crippen molar-refractivity contribution < 1.29 is 4.79 Å². The lowest BCUT2D eigenvalue weighted by molar-refractivity contribution is -0.110. The molecule has 0 saturated carbocycles. The van der Waals surface area contributed by atoms with Crippen molar-refractivity contribution in [3.63, 3.8) is 0 Å². The highest BCUT2D eigenvalue weighted by molar-refractivity contribution is 9.10. The van der Waals surface area contributed by atoms with Crippen molar-refractivity contribution in [2.75, 3.05) is 12.4 Å². The van der Waals surface area contributed by atoms with E-state index in [1.54, 1.807) is 13.1 Å². The molecule has 4 heteroatoms. The molecule has 1 amide bonds. The van der Waals surface area contributed by atoms with Crippen molar-refractivity contribution >= 4 is 33.2 Å². The molecule has 0 aromatic heterocycles. The molecular weight excluding hydrogens is 280 g/mol. The Bertz CT molecular complexity index is 474. The van der Waals surface area contributed by atoms with Crippen LogP contribution >= 0.6 is 15.9 Å². The average Bonchev–Trinajstić information content (AvgIpc) is 2.28. The van der Waals surface area contributed by atoms with Gasteiger partial charge in [0.1, 0.15) is 5.71 Å². The van der Waals surface area contributed by atoms with Crippen LogP contribution in [0.1, 0.15) is 13.8 Å². The monoisotopic (exact) mass is 294 g/mol. The van der Waals surface area contributed by atoms with Crippen LogP contribution in [0.25, 0.3) is 0 Å². The van der Waals surface area contributed by atoms with Crippen LogP contribution in [0.15, 0.2) is 45.4 Å². The number of allylic oxidation sites excluding steroid dienone is 1. The quantitative estimate of drug-likeness (QED) is 0.853. The van der Waals surface area contributed by atoms with Gasteiger partial charge >= 0.3 is 0 Å². The molecule has 0 saturated heterocycles. The van der Waals surface area contributed by atoms with E-state index in [4.69, 9.17) is 0 Å². The van der Waals surface area contributed by atoms with Crippen molar-refractivity contribution in [3.05, 3.63) is 40.4 Å². The third-order valence-corrected chi connectivity index (χ3v) is 2.71. The Morgan fingerprint density at radius 3 is 2.53 bits per heavy atom. The number of hydrogen-bond donors (Lipinski definition) is 1. The number of amides is 1. The van der Waals surface area contributed by atoms with Gasteiger partial charge in [-0.3, -0.25) is 9.79 Å². The van der Waals surface area contributed by atoms with Crippen LogP contribution in [-0.4, -0.2) is 18.7 Å². The van der Waals surface area contributed by atoms with Gasteiger partial charge in [-0.1, -0.05) is 17.7 Å². The molecular formula is C13H15BrN2O. The molecule has 0 bridgehead atoms. The van der Waals surface area contributed by atoms with Crippen LogP contribution in [-0.2, 0) is 4.79 Å². The predicted octanol–water partition coefficient (Wildman–Crippen LogP) is 3.42. The Hall–Kier alpha value is -1.42. The number of carbonyl (C=O) groups is 1. The first kappa shape index (κ1) is 13.6. The summed E-state index contributed by atoms with van der Waals surface area (Å²) in [6, 6.07) is 7.46. The van der Waals surface area contributed by atoms with Crippen molar-refractivity contribution in [1.82, 2.24) is 0 Å². The first-order valence-electron chi connectivity index (χ1n) is 5.22. The lowest BCUT2D eigenvalue weighted by Crippen LogP contribution is -2.21. The third kappa shape index (κ3) is 4.15. The molecule has 0 aliphatic heterocycles. The summed E-state index contributed by atoms with van der Waals surface area (Å²) >= 11 is 3.38. The van der Waals surface area contributed by atoms with Crippen molar-refractivity contribution in [3.8, 4) is 0 Å². The maximum Gasteiger partial charge on any atom is 0.273 e. The van der Waals surface area contributed by atoms with E-state index in [9.17, 15) is 4.79 Å². The Balaban J connectivity index is 2.86. The van der Waals surface area contributed by atoms with Crippen molar-refractivity contribution in [2.24, 2.45) is 4.99 Å². The molecule has 0 heterocycles. The Labute approximate surface area is 110 Å². The number of hydrogen-bond acceptors (Lipinski definition) is 2. The molecule has 0 fully saturated rings. The number of para-hydroxylation sites is 1. The molecule has 0 radical (unpaired) electrons. The zero-order valence-electron chi connectivity index (χ0n) is 10.1. The predicted molar refractivity (Wildman–Crippen MR) is 75.6 cm³/mol. The van der Waals surface area contributed by atoms with Crippen molar-refractivity contribution in [2.45, 2.75) is 13.8 Å². The summed E-state index contributed by atoms with van der Waals surface area (Å²) in [7, 11) is 1.61. The Morgan fingerprint density at radius 2 is 2.00 bits per heavy atom. The molecule has 3 nitrogen and oxygen atoms in total. The molecule has 0 unspecified atom stereocenters. The minimum absolute atomic E-state index is 0.208. The molecule has 90 valence electrons. The standard InChI is InChI=1S/C13H15BrN2O/c1-9(2)8-12(15-3)13(17)16-11-7-5-4-6-10(11)14/h4-8H,1-3H3,(H,16,17). The van der Waals surface area contributed by atoms with E-state index in [0.29, 0.717) is 5.71 Å². The van der Waals surface area contributed by atoms with Crippen LogP contribution in [0.4, 0.5) is 5.69 Å². The first-order chi connectivity index (χ1) is 8.04. The highest BCUT2D eigenvalue weighted by Gasteiger charge is 2.09. The summed E-state index contributed by atoms with van der Waals surface area (Å²) in [5.74, 6) is -0.208. The Morgan fingerprint density at radius 1 is 1.35 bits per heavy atom. The van der Waals surface area contributed by atoms with Gasteiger partial charge in [-0.15, -0.1) is 0 Å². The highest BCUT2D eigenvalue weighted by Crippen LogP contribution is 2.21. The number of aliphatic imine (C=N–C) groups is 1. The van der Waals surface area contributed by atoms with Gasteiger partial charge in [0.2, 0.25) is 0 Å². The van der Waals surface area contributed by atoms with E-state index in [-0.39, 0.29) is 5.91 Å². The second-order valence-electron chi connectivity index (χ2n) is 3.76. The molecule has 1 aromatic carbocycles. The van der Waals surface area contributed by atoms with Crippen LogP contribution in [0.5, 0.6) is 0 Å². The maximum atomic E-state index is 11.9. The number of nitrogens with zero attached hydrogens (tertiary/aromatic N) is 1. The lowest BCUT2D eigenvalue weighted by Gasteiger charge is -2.07. The summed E-state index contributed by atoms with van der Waals surface area (Å²) in [6.45, 7) is 3.85. The largest absolute Gasteiger partial charge is 0.320 e. The number of nitrogens with one attached hydrogen (secondary N) is 1.